The summed E-state index contributed by atoms with van der Waals surface area (Å²) in [5.74, 6) is 1.39. The van der Waals surface area contributed by atoms with E-state index in [4.69, 9.17) is 15.2 Å². The summed E-state index contributed by atoms with van der Waals surface area (Å²) in [5.41, 5.74) is 9.44. The molecule has 41 heavy (non-hydrogen) atoms. The minimum Gasteiger partial charge on any atom is -0.493 e. The van der Waals surface area contributed by atoms with Gasteiger partial charge in [0.1, 0.15) is 5.82 Å². The van der Waals surface area contributed by atoms with Crippen molar-refractivity contribution < 1.29 is 22.3 Å². The van der Waals surface area contributed by atoms with Gasteiger partial charge < -0.3 is 20.5 Å². The van der Waals surface area contributed by atoms with E-state index >= 15 is 0 Å². The van der Waals surface area contributed by atoms with E-state index in [-0.39, 0.29) is 22.7 Å². The van der Waals surface area contributed by atoms with Gasteiger partial charge in [0.15, 0.2) is 11.5 Å². The van der Waals surface area contributed by atoms with Crippen LogP contribution < -0.4 is 20.5 Å². The van der Waals surface area contributed by atoms with E-state index in [1.54, 1.807) is 62.9 Å². The van der Waals surface area contributed by atoms with Gasteiger partial charge in [-0.2, -0.15) is 4.31 Å². The quantitative estimate of drug-likeness (QED) is 0.281. The first-order valence-corrected chi connectivity index (χ1v) is 14.7. The number of nitrogens with two attached hydrogens (primary N) is 1. The number of nitrogens with one attached hydrogen (secondary N) is 1. The number of halogens is 1. The number of aromatic nitrogens is 2. The zero-order chi connectivity index (χ0) is 29.0. The number of rotatable bonds is 9. The molecule has 1 saturated heterocycles. The molecule has 0 aliphatic carbocycles. The Morgan fingerprint density at radius 2 is 1.63 bits per heavy atom. The molecule has 1 atom stereocenters. The van der Waals surface area contributed by atoms with Gasteiger partial charge in [-0.1, -0.05) is 12.1 Å². The normalized spacial score (nSPS) is 15.3. The Morgan fingerprint density at radius 1 is 0.951 bits per heavy atom. The summed E-state index contributed by atoms with van der Waals surface area (Å²) in [5, 5.41) is 3.14. The summed E-state index contributed by atoms with van der Waals surface area (Å²) in [6.07, 6.45) is 2.90. The smallest absolute Gasteiger partial charge is 0.243 e. The second kappa shape index (κ2) is 12.2. The Labute approximate surface area is 239 Å². The van der Waals surface area contributed by atoms with E-state index < -0.39 is 10.0 Å². The Balaban J connectivity index is 1.23. The number of piperidine rings is 1. The van der Waals surface area contributed by atoms with Crippen molar-refractivity contribution in [3.63, 3.8) is 0 Å². The van der Waals surface area contributed by atoms with Crippen molar-refractivity contribution in [2.24, 2.45) is 11.7 Å². The van der Waals surface area contributed by atoms with Crippen LogP contribution in [0.25, 0.3) is 11.3 Å². The van der Waals surface area contributed by atoms with Crippen molar-refractivity contribution in [2.75, 3.05) is 32.6 Å². The van der Waals surface area contributed by atoms with Crippen molar-refractivity contribution >= 4 is 21.7 Å². The van der Waals surface area contributed by atoms with Gasteiger partial charge in [0, 0.05) is 36.6 Å². The molecule has 0 amide bonds. The lowest BCUT2D eigenvalue weighted by Crippen LogP contribution is -2.40. The summed E-state index contributed by atoms with van der Waals surface area (Å²) in [4.78, 5) is 9.09. The molecule has 214 valence electrons. The van der Waals surface area contributed by atoms with Crippen molar-refractivity contribution in [1.29, 1.82) is 0 Å². The van der Waals surface area contributed by atoms with Gasteiger partial charge in [-0.05, 0) is 85.0 Å². The molecule has 5 rings (SSSR count). The molecule has 1 aliphatic heterocycles. The van der Waals surface area contributed by atoms with Gasteiger partial charge >= 0.3 is 0 Å². The standard InChI is InChI=1S/C30H32FN5O4S/c1-39-27-12-5-22(19-28(27)40-2)26-13-16-33-30(35-26)34-24-8-10-25(11-9-24)41(37,38)36-17-14-21(15-18-36)29(32)20-3-6-23(31)7-4-20/h3-13,16,19,21,29H,14-15,17-18,32H2,1-2H3,(H,33,34,35)/t29-/m0/s1. The number of sulfonamides is 1. The molecule has 2 heterocycles. The minimum absolute atomic E-state index is 0.119. The fourth-order valence-corrected chi connectivity index (χ4v) is 6.47. The lowest BCUT2D eigenvalue weighted by molar-refractivity contribution is 0.245. The first-order valence-electron chi connectivity index (χ1n) is 13.2. The fourth-order valence-electron chi connectivity index (χ4n) is 5.00. The first kappa shape index (κ1) is 28.5. The SMILES string of the molecule is COc1ccc(-c2ccnc(Nc3ccc(S(=O)(=O)N4CCC([C@@H](N)c5ccc(F)cc5)CC4)cc3)n2)cc1OC. The van der Waals surface area contributed by atoms with Crippen LogP contribution in [0.15, 0.2) is 83.9 Å². The highest BCUT2D eigenvalue weighted by atomic mass is 32.2. The first-order chi connectivity index (χ1) is 19.8. The lowest BCUT2D eigenvalue weighted by atomic mass is 9.86. The number of ether oxygens (including phenoxy) is 2. The zero-order valence-electron chi connectivity index (χ0n) is 22.8. The molecule has 0 saturated carbocycles. The van der Waals surface area contributed by atoms with Gasteiger partial charge in [0.2, 0.25) is 16.0 Å². The molecular formula is C30H32FN5O4S. The summed E-state index contributed by atoms with van der Waals surface area (Å²) in [6.45, 7) is 0.747. The van der Waals surface area contributed by atoms with Crippen LogP contribution in [0.4, 0.5) is 16.0 Å². The van der Waals surface area contributed by atoms with E-state index in [9.17, 15) is 12.8 Å². The highest BCUT2D eigenvalue weighted by Crippen LogP contribution is 2.33. The van der Waals surface area contributed by atoms with E-state index in [1.807, 2.05) is 18.2 Å². The predicted molar refractivity (Wildman–Crippen MR) is 155 cm³/mol. The molecule has 0 spiro atoms. The molecule has 11 heteroatoms. The average Bonchev–Trinajstić information content (AvgIpc) is 3.01. The monoisotopic (exact) mass is 577 g/mol. The summed E-state index contributed by atoms with van der Waals surface area (Å²) < 4.78 is 52.1. The molecule has 0 unspecified atom stereocenters. The molecule has 0 bridgehead atoms. The van der Waals surface area contributed by atoms with Gasteiger partial charge in [-0.3, -0.25) is 0 Å². The van der Waals surface area contributed by atoms with Crippen LogP contribution in [-0.2, 0) is 10.0 Å². The van der Waals surface area contributed by atoms with Crippen LogP contribution in [0.1, 0.15) is 24.4 Å². The van der Waals surface area contributed by atoms with Crippen molar-refractivity contribution in [2.45, 2.75) is 23.8 Å². The van der Waals surface area contributed by atoms with Gasteiger partial charge in [-0.25, -0.2) is 22.8 Å². The molecule has 3 N–H and O–H groups in total. The third kappa shape index (κ3) is 6.32. The molecule has 3 aromatic carbocycles. The maximum Gasteiger partial charge on any atom is 0.243 e. The third-order valence-electron chi connectivity index (χ3n) is 7.34. The summed E-state index contributed by atoms with van der Waals surface area (Å²) in [7, 11) is -0.509. The Bertz CT molecular complexity index is 1590. The van der Waals surface area contributed by atoms with Gasteiger partial charge in [0.05, 0.1) is 24.8 Å². The van der Waals surface area contributed by atoms with Crippen molar-refractivity contribution in [3.8, 4) is 22.8 Å². The molecular weight excluding hydrogens is 545 g/mol. The Kier molecular flexibility index (Phi) is 8.48. The number of hydrogen-bond donors (Lipinski definition) is 2. The number of hydrogen-bond acceptors (Lipinski definition) is 8. The van der Waals surface area contributed by atoms with Crippen LogP contribution in [0.3, 0.4) is 0 Å². The lowest BCUT2D eigenvalue weighted by Gasteiger charge is -2.34. The molecule has 1 aliphatic rings. The predicted octanol–water partition coefficient (Wildman–Crippen LogP) is 5.14. The third-order valence-corrected chi connectivity index (χ3v) is 9.26. The maximum absolute atomic E-state index is 13.3. The zero-order valence-corrected chi connectivity index (χ0v) is 23.6. The maximum atomic E-state index is 13.3. The fraction of sp³-hybridized carbons (Fsp3) is 0.267. The van der Waals surface area contributed by atoms with Crippen LogP contribution in [0.5, 0.6) is 11.5 Å². The topological polar surface area (TPSA) is 120 Å². The molecule has 1 fully saturated rings. The van der Waals surface area contributed by atoms with E-state index in [1.165, 1.54) is 16.4 Å². The second-order valence-corrected chi connectivity index (χ2v) is 11.7. The number of benzene rings is 3. The van der Waals surface area contributed by atoms with E-state index in [0.29, 0.717) is 54.8 Å². The summed E-state index contributed by atoms with van der Waals surface area (Å²) >= 11 is 0. The van der Waals surface area contributed by atoms with Gasteiger partial charge in [-0.15, -0.1) is 0 Å². The van der Waals surface area contributed by atoms with Crippen LogP contribution >= 0.6 is 0 Å². The minimum atomic E-state index is -3.66. The molecule has 1 aromatic heterocycles. The van der Waals surface area contributed by atoms with Crippen LogP contribution in [0.2, 0.25) is 0 Å². The Hall–Kier alpha value is -4.06. The largest absolute Gasteiger partial charge is 0.493 e. The second-order valence-electron chi connectivity index (χ2n) is 9.80. The summed E-state index contributed by atoms with van der Waals surface area (Å²) in [6, 6.07) is 19.8. The molecule has 9 nitrogen and oxygen atoms in total. The Morgan fingerprint density at radius 3 is 2.29 bits per heavy atom. The van der Waals surface area contributed by atoms with Crippen molar-refractivity contribution in [3.05, 3.63) is 90.4 Å². The van der Waals surface area contributed by atoms with E-state index in [2.05, 4.69) is 15.3 Å². The molecule has 4 aromatic rings. The number of methoxy groups -OCH3 is 2. The van der Waals surface area contributed by atoms with Gasteiger partial charge in [0.25, 0.3) is 0 Å². The number of anilines is 2. The highest BCUT2D eigenvalue weighted by molar-refractivity contribution is 7.89. The highest BCUT2D eigenvalue weighted by Gasteiger charge is 2.32. The van der Waals surface area contributed by atoms with Crippen LogP contribution in [-0.4, -0.2) is 50.0 Å². The van der Waals surface area contributed by atoms with E-state index in [0.717, 1.165) is 11.1 Å². The molecule has 0 radical (unpaired) electrons. The average molecular weight is 578 g/mol. The number of nitrogens with zero attached hydrogens (tertiary/aromatic N) is 3. The van der Waals surface area contributed by atoms with Crippen LogP contribution in [0, 0.1) is 11.7 Å². The van der Waals surface area contributed by atoms with Crippen molar-refractivity contribution in [1.82, 2.24) is 14.3 Å².